The fourth-order valence-corrected chi connectivity index (χ4v) is 13.6. The smallest absolute Gasteiger partial charge is 0.407 e. The molecule has 4 aliphatic carbocycles. The molecule has 4 fully saturated rings. The third-order valence-corrected chi connectivity index (χ3v) is 17.3. The molecule has 56 heavy (non-hydrogen) atoms. The van der Waals surface area contributed by atoms with Gasteiger partial charge in [-0.1, -0.05) is 20.8 Å². The molecule has 7 N–H and O–H groups in total. The molecule has 0 aromatic rings. The molecule has 4 aliphatic rings. The van der Waals surface area contributed by atoms with Gasteiger partial charge < -0.3 is 41.5 Å². The van der Waals surface area contributed by atoms with E-state index in [4.69, 9.17) is 36.1 Å². The summed E-state index contributed by atoms with van der Waals surface area (Å²) < 4.78 is 26.5. The molecule has 0 heterocycles. The Morgan fingerprint density at radius 1 is 0.768 bits per heavy atom. The first-order chi connectivity index (χ1) is 26.9. The number of nitrogens with two attached hydrogens (primary N) is 3. The predicted octanol–water partition coefficient (Wildman–Crippen LogP) is 8.21. The van der Waals surface area contributed by atoms with Gasteiger partial charge >= 0.3 is 6.09 Å². The lowest BCUT2D eigenvalue weighted by molar-refractivity contribution is -0.227. The first kappa shape index (κ1) is 48.7. The number of hydrogen-bond acceptors (Lipinski definition) is 11. The lowest BCUT2D eigenvalue weighted by Crippen LogP contribution is -2.63. The summed E-state index contributed by atoms with van der Waals surface area (Å²) in [5, 5.41) is 3.01. The maximum absolute atomic E-state index is 12.4. The van der Waals surface area contributed by atoms with E-state index in [0.29, 0.717) is 48.2 Å². The number of fused-ring (bicyclic) bond motifs is 5. The lowest BCUT2D eigenvalue weighted by Gasteiger charge is -2.65. The van der Waals surface area contributed by atoms with Crippen LogP contribution in [0.15, 0.2) is 0 Å². The summed E-state index contributed by atoms with van der Waals surface area (Å²) in [6.45, 7) is 18.9. The first-order valence-electron chi connectivity index (χ1n) is 22.5. The number of alkyl carbamates (subject to hydrolysis) is 1. The topological polar surface area (TPSA) is 144 Å². The molecule has 0 aromatic heterocycles. The Morgan fingerprint density at radius 3 is 1.98 bits per heavy atom. The second kappa shape index (κ2) is 24.5. The number of rotatable bonds is 26. The highest BCUT2D eigenvalue weighted by molar-refractivity contribution is 7.99. The van der Waals surface area contributed by atoms with E-state index in [9.17, 15) is 4.79 Å². The molecule has 0 unspecified atom stereocenters. The number of nitrogens with one attached hydrogen (secondary N) is 1. The molecule has 1 amide bonds. The van der Waals surface area contributed by atoms with Crippen molar-refractivity contribution in [2.45, 2.75) is 143 Å². The second-order valence-electron chi connectivity index (χ2n) is 18.9. The fraction of sp³-hybridized carbons (Fsp3) is 0.977. The van der Waals surface area contributed by atoms with Gasteiger partial charge in [0.05, 0.1) is 18.3 Å². The Morgan fingerprint density at radius 2 is 1.38 bits per heavy atom. The normalized spacial score (nSPS) is 33.4. The van der Waals surface area contributed by atoms with Crippen LogP contribution >= 0.6 is 35.3 Å². The van der Waals surface area contributed by atoms with Crippen molar-refractivity contribution in [2.75, 3.05) is 80.5 Å². The van der Waals surface area contributed by atoms with Crippen LogP contribution in [0.5, 0.6) is 0 Å². The summed E-state index contributed by atoms with van der Waals surface area (Å²) in [6, 6.07) is 0. The first-order valence-corrected chi connectivity index (χ1v) is 26.0. The Balaban J connectivity index is 1.53. The van der Waals surface area contributed by atoms with E-state index in [1.54, 1.807) is 0 Å². The molecule has 9 nitrogen and oxygen atoms in total. The Labute approximate surface area is 355 Å². The number of amides is 1. The fourth-order valence-electron chi connectivity index (χ4n) is 11.5. The molecule has 328 valence electrons. The van der Waals surface area contributed by atoms with Crippen molar-refractivity contribution in [1.82, 2.24) is 5.32 Å². The number of carbonyl (C=O) groups is 1. The molecular weight excluding hydrogens is 761 g/mol. The molecule has 4 saturated carbocycles. The van der Waals surface area contributed by atoms with Gasteiger partial charge in [-0.15, -0.1) is 0 Å². The van der Waals surface area contributed by atoms with Crippen molar-refractivity contribution in [1.29, 1.82) is 0 Å². The molecule has 0 spiro atoms. The Kier molecular flexibility index (Phi) is 21.3. The summed E-state index contributed by atoms with van der Waals surface area (Å²) in [5.74, 6) is 9.87. The minimum atomic E-state index is -0.486. The number of thioether (sulfide) groups is 3. The van der Waals surface area contributed by atoms with E-state index in [0.717, 1.165) is 125 Å². The Hall–Kier alpha value is 0.0800. The lowest BCUT2D eigenvalue weighted by atomic mass is 9.43. The van der Waals surface area contributed by atoms with Crippen molar-refractivity contribution in [2.24, 2.45) is 63.5 Å². The van der Waals surface area contributed by atoms with E-state index in [1.165, 1.54) is 25.7 Å². The van der Waals surface area contributed by atoms with Crippen LogP contribution in [0, 0.1) is 46.3 Å². The van der Waals surface area contributed by atoms with Gasteiger partial charge in [0, 0.05) is 68.7 Å². The van der Waals surface area contributed by atoms with Crippen LogP contribution in [0.2, 0.25) is 0 Å². The minimum Gasteiger partial charge on any atom is -0.444 e. The molecule has 4 rings (SSSR count). The van der Waals surface area contributed by atoms with Gasteiger partial charge in [0.2, 0.25) is 0 Å². The van der Waals surface area contributed by atoms with Crippen molar-refractivity contribution >= 4 is 41.4 Å². The molecule has 0 aliphatic heterocycles. The van der Waals surface area contributed by atoms with Crippen LogP contribution in [0.4, 0.5) is 4.79 Å². The highest BCUT2D eigenvalue weighted by atomic mass is 32.2. The SMILES string of the molecule is C[C@H](CCCNC(=O)OC(C)(C)C)[C@H]1CC[C@H]2[C@@H]3[C@H](OCCCSCCN)C[C@@H]4C[C@H](OCCCSCCN)CC[C@]4(C)[C@H]3C[C@H](OCCCSCCN)[C@]12C. The molecular formula is C44H84N4O5S3. The maximum Gasteiger partial charge on any atom is 0.407 e. The van der Waals surface area contributed by atoms with Gasteiger partial charge in [-0.2, -0.15) is 35.3 Å². The monoisotopic (exact) mass is 845 g/mol. The highest BCUT2D eigenvalue weighted by Gasteiger charge is 2.66. The van der Waals surface area contributed by atoms with Crippen LogP contribution in [-0.4, -0.2) is 111 Å². The van der Waals surface area contributed by atoms with Gasteiger partial charge in [0.15, 0.2) is 0 Å². The molecule has 0 aromatic carbocycles. The standard InChI is InChI=1S/C44H84N4O5S3/c1-32(11-7-19-48-41(49)53-42(2,3)4)35-12-13-36-40-37(31-39(44(35,36)6)52-22-10-25-56-28-18-47)43(5)15-14-34(50-20-8-23-54-26-16-45)29-33(43)30-38(40)51-21-9-24-55-27-17-46/h32-40H,7-31,45-47H2,1-6H3,(H,48,49)/t32-,33+,34-,35-,36+,37+,38-,39+,40+,43+,44-/m1/s1. The quantitative estimate of drug-likeness (QED) is 0.0626. The largest absolute Gasteiger partial charge is 0.444 e. The third-order valence-electron chi connectivity index (χ3n) is 14.0. The van der Waals surface area contributed by atoms with Crippen LogP contribution in [0.3, 0.4) is 0 Å². The van der Waals surface area contributed by atoms with Crippen molar-refractivity contribution in [3.05, 3.63) is 0 Å². The number of carbonyl (C=O) groups excluding carboxylic acids is 1. The zero-order valence-corrected chi connectivity index (χ0v) is 38.8. The number of ether oxygens (including phenoxy) is 4. The molecule has 0 radical (unpaired) electrons. The summed E-state index contributed by atoms with van der Waals surface area (Å²) >= 11 is 5.85. The van der Waals surface area contributed by atoms with Crippen molar-refractivity contribution < 1.29 is 23.7 Å². The number of hydrogen-bond donors (Lipinski definition) is 4. The summed E-state index contributed by atoms with van der Waals surface area (Å²) in [4.78, 5) is 12.4. The predicted molar refractivity (Wildman–Crippen MR) is 241 cm³/mol. The van der Waals surface area contributed by atoms with Gasteiger partial charge in [0.25, 0.3) is 0 Å². The van der Waals surface area contributed by atoms with Crippen LogP contribution in [0.25, 0.3) is 0 Å². The maximum atomic E-state index is 12.4. The van der Waals surface area contributed by atoms with E-state index in [-0.39, 0.29) is 29.1 Å². The van der Waals surface area contributed by atoms with E-state index in [2.05, 4.69) is 26.1 Å². The van der Waals surface area contributed by atoms with E-state index >= 15 is 0 Å². The van der Waals surface area contributed by atoms with Crippen LogP contribution in [-0.2, 0) is 18.9 Å². The summed E-state index contributed by atoms with van der Waals surface area (Å²) in [7, 11) is 0. The third kappa shape index (κ3) is 13.8. The molecule has 0 bridgehead atoms. The van der Waals surface area contributed by atoms with Crippen molar-refractivity contribution in [3.8, 4) is 0 Å². The Bertz CT molecular complexity index is 1120. The van der Waals surface area contributed by atoms with Gasteiger partial charge in [-0.25, -0.2) is 4.79 Å². The average molecular weight is 845 g/mol. The average Bonchev–Trinajstić information content (AvgIpc) is 3.52. The van der Waals surface area contributed by atoms with Gasteiger partial charge in [-0.3, -0.25) is 0 Å². The molecule has 0 saturated heterocycles. The van der Waals surface area contributed by atoms with Crippen LogP contribution in [0.1, 0.15) is 119 Å². The van der Waals surface area contributed by atoms with E-state index in [1.807, 2.05) is 56.1 Å². The van der Waals surface area contributed by atoms with Gasteiger partial charge in [-0.05, 0) is 156 Å². The zero-order valence-electron chi connectivity index (χ0n) is 36.4. The molecule has 12 heteroatoms. The van der Waals surface area contributed by atoms with E-state index < -0.39 is 5.60 Å². The zero-order chi connectivity index (χ0) is 40.6. The highest BCUT2D eigenvalue weighted by Crippen LogP contribution is 2.69. The summed E-state index contributed by atoms with van der Waals surface area (Å²) in [5.41, 5.74) is 17.2. The second-order valence-corrected chi connectivity index (χ2v) is 22.5. The summed E-state index contributed by atoms with van der Waals surface area (Å²) in [6.07, 6.45) is 14.2. The van der Waals surface area contributed by atoms with Crippen molar-refractivity contribution in [3.63, 3.8) is 0 Å². The van der Waals surface area contributed by atoms with Crippen LogP contribution < -0.4 is 22.5 Å². The van der Waals surface area contributed by atoms with Gasteiger partial charge in [0.1, 0.15) is 5.60 Å². The molecule has 11 atom stereocenters. The minimum absolute atomic E-state index is 0.0909.